The number of nitro benzene ring substituents is 1. The van der Waals surface area contributed by atoms with Crippen LogP contribution in [-0.2, 0) is 13.1 Å². The Morgan fingerprint density at radius 1 is 1.12 bits per heavy atom. The first kappa shape index (κ1) is 17.4. The second-order valence-corrected chi connectivity index (χ2v) is 5.67. The lowest BCUT2D eigenvalue weighted by Gasteiger charge is -2.11. The Balaban J connectivity index is 1.87. The molecule has 2 aromatic carbocycles. The van der Waals surface area contributed by atoms with Crippen LogP contribution in [0.4, 0.5) is 16.2 Å². The number of carbonyl (C=O) groups is 1. The van der Waals surface area contributed by atoms with Crippen LogP contribution in [0.3, 0.4) is 0 Å². The molecule has 7 nitrogen and oxygen atoms in total. The average molecular weight is 328 g/mol. The third-order valence-electron chi connectivity index (χ3n) is 3.28. The van der Waals surface area contributed by atoms with Crippen LogP contribution in [-0.4, -0.2) is 29.9 Å². The number of nitro groups is 1. The molecule has 2 rings (SSSR count). The van der Waals surface area contributed by atoms with Gasteiger partial charge in [-0.15, -0.1) is 0 Å². The largest absolute Gasteiger partial charge is 0.334 e. The van der Waals surface area contributed by atoms with Crippen molar-refractivity contribution in [3.8, 4) is 0 Å². The van der Waals surface area contributed by atoms with Gasteiger partial charge in [-0.05, 0) is 37.4 Å². The van der Waals surface area contributed by atoms with Crippen LogP contribution in [0, 0.1) is 10.1 Å². The Morgan fingerprint density at radius 2 is 1.79 bits per heavy atom. The number of anilines is 1. The number of non-ortho nitro benzene ring substituents is 1. The number of amides is 2. The quantitative estimate of drug-likeness (QED) is 0.630. The molecule has 2 N–H and O–H groups in total. The second-order valence-electron chi connectivity index (χ2n) is 5.67. The highest BCUT2D eigenvalue weighted by molar-refractivity contribution is 5.89. The minimum atomic E-state index is -0.482. The van der Waals surface area contributed by atoms with Crippen molar-refractivity contribution in [3.05, 3.63) is 69.8 Å². The summed E-state index contributed by atoms with van der Waals surface area (Å²) in [6, 6.07) is 13.3. The van der Waals surface area contributed by atoms with Gasteiger partial charge in [0.2, 0.25) is 0 Å². The van der Waals surface area contributed by atoms with Crippen LogP contribution in [0.15, 0.2) is 48.5 Å². The standard InChI is InChI=1S/C17H20N4O3/c1-20(2)12-14-5-3-4-13(10-14)11-18-17(22)19-15-6-8-16(9-7-15)21(23)24/h3-10H,11-12H2,1-2H3,(H2,18,19,22). The van der Waals surface area contributed by atoms with Crippen molar-refractivity contribution in [1.82, 2.24) is 10.2 Å². The molecule has 0 saturated heterocycles. The lowest BCUT2D eigenvalue weighted by molar-refractivity contribution is -0.384. The average Bonchev–Trinajstić information content (AvgIpc) is 2.53. The predicted molar refractivity (Wildman–Crippen MR) is 92.8 cm³/mol. The first-order chi connectivity index (χ1) is 11.4. The molecule has 0 radical (unpaired) electrons. The van der Waals surface area contributed by atoms with Crippen LogP contribution in [0.1, 0.15) is 11.1 Å². The van der Waals surface area contributed by atoms with Gasteiger partial charge in [-0.2, -0.15) is 0 Å². The Kier molecular flexibility index (Phi) is 5.86. The van der Waals surface area contributed by atoms with Gasteiger partial charge in [0.15, 0.2) is 0 Å². The van der Waals surface area contributed by atoms with Crippen molar-refractivity contribution in [2.24, 2.45) is 0 Å². The fourth-order valence-electron chi connectivity index (χ4n) is 2.23. The van der Waals surface area contributed by atoms with E-state index in [4.69, 9.17) is 0 Å². The number of urea groups is 1. The fraction of sp³-hybridized carbons (Fsp3) is 0.235. The molecular formula is C17H20N4O3. The summed E-state index contributed by atoms with van der Waals surface area (Å²) >= 11 is 0. The zero-order valence-corrected chi connectivity index (χ0v) is 13.7. The van der Waals surface area contributed by atoms with E-state index in [9.17, 15) is 14.9 Å². The van der Waals surface area contributed by atoms with E-state index in [1.54, 1.807) is 0 Å². The molecule has 0 bridgehead atoms. The van der Waals surface area contributed by atoms with E-state index in [0.29, 0.717) is 12.2 Å². The van der Waals surface area contributed by atoms with Crippen LogP contribution in [0.5, 0.6) is 0 Å². The molecule has 0 spiro atoms. The van der Waals surface area contributed by atoms with Gasteiger partial charge in [0.05, 0.1) is 4.92 Å². The number of nitrogens with one attached hydrogen (secondary N) is 2. The third kappa shape index (κ3) is 5.36. The summed E-state index contributed by atoms with van der Waals surface area (Å²) in [7, 11) is 4.01. The summed E-state index contributed by atoms with van der Waals surface area (Å²) in [6.07, 6.45) is 0. The smallest absolute Gasteiger partial charge is 0.319 e. The van der Waals surface area contributed by atoms with Gasteiger partial charge in [-0.25, -0.2) is 4.79 Å². The summed E-state index contributed by atoms with van der Waals surface area (Å²) in [5.41, 5.74) is 2.67. The summed E-state index contributed by atoms with van der Waals surface area (Å²) in [6.45, 7) is 1.24. The first-order valence-electron chi connectivity index (χ1n) is 7.46. The van der Waals surface area contributed by atoms with Crippen molar-refractivity contribution in [3.63, 3.8) is 0 Å². The molecule has 0 aliphatic heterocycles. The number of benzene rings is 2. The Labute approximate surface area is 140 Å². The van der Waals surface area contributed by atoms with Gasteiger partial charge in [-0.3, -0.25) is 10.1 Å². The molecule has 0 saturated carbocycles. The maximum atomic E-state index is 11.9. The van der Waals surface area contributed by atoms with Crippen molar-refractivity contribution in [1.29, 1.82) is 0 Å². The molecule has 24 heavy (non-hydrogen) atoms. The highest BCUT2D eigenvalue weighted by Gasteiger charge is 2.06. The number of carbonyl (C=O) groups excluding carboxylic acids is 1. The molecule has 0 aromatic heterocycles. The molecule has 0 unspecified atom stereocenters. The van der Waals surface area contributed by atoms with E-state index in [1.165, 1.54) is 29.8 Å². The molecule has 0 heterocycles. The minimum absolute atomic E-state index is 0.0151. The Morgan fingerprint density at radius 3 is 2.42 bits per heavy atom. The molecule has 126 valence electrons. The molecule has 2 aromatic rings. The second kappa shape index (κ2) is 8.07. The van der Waals surface area contributed by atoms with Gasteiger partial charge in [0.25, 0.3) is 5.69 Å². The lowest BCUT2D eigenvalue weighted by Crippen LogP contribution is -2.28. The van der Waals surface area contributed by atoms with E-state index in [-0.39, 0.29) is 11.7 Å². The molecule has 0 fully saturated rings. The van der Waals surface area contributed by atoms with Gasteiger partial charge in [0.1, 0.15) is 0 Å². The maximum Gasteiger partial charge on any atom is 0.319 e. The summed E-state index contributed by atoms with van der Waals surface area (Å²) in [5.74, 6) is 0. The van der Waals surface area contributed by atoms with E-state index >= 15 is 0 Å². The van der Waals surface area contributed by atoms with Gasteiger partial charge in [0, 0.05) is 30.9 Å². The molecule has 2 amide bonds. The van der Waals surface area contributed by atoms with Crippen LogP contribution < -0.4 is 10.6 Å². The zero-order valence-electron chi connectivity index (χ0n) is 13.7. The topological polar surface area (TPSA) is 87.5 Å². The van der Waals surface area contributed by atoms with Crippen molar-refractivity contribution in [2.75, 3.05) is 19.4 Å². The molecule has 0 atom stereocenters. The zero-order chi connectivity index (χ0) is 17.5. The molecule has 0 aliphatic rings. The fourth-order valence-corrected chi connectivity index (χ4v) is 2.23. The normalized spacial score (nSPS) is 10.5. The third-order valence-corrected chi connectivity index (χ3v) is 3.28. The summed E-state index contributed by atoms with van der Waals surface area (Å²) in [5, 5.41) is 16.0. The monoisotopic (exact) mass is 328 g/mol. The lowest BCUT2D eigenvalue weighted by atomic mass is 10.1. The van der Waals surface area contributed by atoms with Gasteiger partial charge in [-0.1, -0.05) is 24.3 Å². The number of hydrogen-bond acceptors (Lipinski definition) is 4. The molecule has 7 heteroatoms. The van der Waals surface area contributed by atoms with E-state index in [1.807, 2.05) is 38.4 Å². The highest BCUT2D eigenvalue weighted by atomic mass is 16.6. The summed E-state index contributed by atoms with van der Waals surface area (Å²) < 4.78 is 0. The Hall–Kier alpha value is -2.93. The number of nitrogens with zero attached hydrogens (tertiary/aromatic N) is 2. The van der Waals surface area contributed by atoms with Crippen LogP contribution in [0.2, 0.25) is 0 Å². The van der Waals surface area contributed by atoms with Crippen molar-refractivity contribution >= 4 is 17.4 Å². The van der Waals surface area contributed by atoms with Crippen LogP contribution >= 0.6 is 0 Å². The molecular weight excluding hydrogens is 308 g/mol. The predicted octanol–water partition coefficient (Wildman–Crippen LogP) is 2.98. The van der Waals surface area contributed by atoms with Crippen LogP contribution in [0.25, 0.3) is 0 Å². The summed E-state index contributed by atoms with van der Waals surface area (Å²) in [4.78, 5) is 24.1. The van der Waals surface area contributed by atoms with Gasteiger partial charge < -0.3 is 15.5 Å². The first-order valence-corrected chi connectivity index (χ1v) is 7.46. The molecule has 0 aliphatic carbocycles. The Bertz CT molecular complexity index is 714. The number of rotatable bonds is 6. The van der Waals surface area contributed by atoms with E-state index in [0.717, 1.165) is 12.1 Å². The van der Waals surface area contributed by atoms with Crippen molar-refractivity contribution < 1.29 is 9.72 Å². The van der Waals surface area contributed by atoms with Crippen molar-refractivity contribution in [2.45, 2.75) is 13.1 Å². The highest BCUT2D eigenvalue weighted by Crippen LogP contribution is 2.15. The number of hydrogen-bond donors (Lipinski definition) is 2. The van der Waals surface area contributed by atoms with E-state index in [2.05, 4.69) is 15.5 Å². The van der Waals surface area contributed by atoms with E-state index < -0.39 is 4.92 Å². The van der Waals surface area contributed by atoms with Gasteiger partial charge >= 0.3 is 6.03 Å². The minimum Gasteiger partial charge on any atom is -0.334 e. The SMILES string of the molecule is CN(C)Cc1cccc(CNC(=O)Nc2ccc([N+](=O)[O-])cc2)c1. The maximum absolute atomic E-state index is 11.9.